The molecule has 2 N–H and O–H groups in total. The first-order valence-electron chi connectivity index (χ1n) is 27.7. The highest BCUT2D eigenvalue weighted by Crippen LogP contribution is 2.43. The van der Waals surface area contributed by atoms with Gasteiger partial charge in [0.2, 0.25) is 0 Å². The van der Waals surface area contributed by atoms with Crippen LogP contribution >= 0.6 is 7.82 Å². The third kappa shape index (κ3) is 53.4. The van der Waals surface area contributed by atoms with Gasteiger partial charge in [-0.15, -0.1) is 0 Å². The van der Waals surface area contributed by atoms with Crippen molar-refractivity contribution in [3.05, 3.63) is 182 Å². The Morgan fingerprint density at radius 1 is 0.382 bits per heavy atom. The maximum atomic E-state index is 12.9. The van der Waals surface area contributed by atoms with Gasteiger partial charge in [0.25, 0.3) is 0 Å². The van der Waals surface area contributed by atoms with Crippen LogP contribution in [0, 0.1) is 0 Å². The molecule has 0 bridgehead atoms. The number of ether oxygens (including phenoxy) is 3. The van der Waals surface area contributed by atoms with E-state index >= 15 is 0 Å². The number of aliphatic hydroxyl groups is 1. The fourth-order valence-electron chi connectivity index (χ4n) is 6.27. The number of carbonyl (C=O) groups is 3. The lowest BCUT2D eigenvalue weighted by molar-refractivity contribution is -0.160. The largest absolute Gasteiger partial charge is 0.472 e. The number of hydrogen-bond donors (Lipinski definition) is 2. The first-order chi connectivity index (χ1) is 37.2. The molecule has 0 aromatic rings. The molecule has 0 radical (unpaired) electrons. The number of allylic oxidation sites excluding steroid dienone is 29. The Morgan fingerprint density at radius 3 is 1.09 bits per heavy atom. The highest BCUT2D eigenvalue weighted by molar-refractivity contribution is 7.47. The minimum atomic E-state index is -4.81. The zero-order valence-electron chi connectivity index (χ0n) is 46.4. The SMILES string of the molecule is CC/C=C\C/C=C\C/C=C\C/C=C\C/C=C\C/C=C\CCC(=O)OCC(COP(=O)(O)OCC(CO)OC(=O)CCCC/C=C\C/C=C\C/C=C\C/C=C\CC)OC(=O)C/C=C\C/C=C\C/C=C\C/C=C\C/C=C\CC. The Morgan fingerprint density at radius 2 is 0.711 bits per heavy atom. The number of esters is 3. The van der Waals surface area contributed by atoms with Gasteiger partial charge in [0.1, 0.15) is 12.7 Å². The summed E-state index contributed by atoms with van der Waals surface area (Å²) in [5.74, 6) is -1.80. The third-order valence-corrected chi connectivity index (χ3v) is 11.3. The summed E-state index contributed by atoms with van der Waals surface area (Å²) >= 11 is 0. The van der Waals surface area contributed by atoms with Gasteiger partial charge in [-0.1, -0.05) is 203 Å². The second kappa shape index (κ2) is 55.8. The van der Waals surface area contributed by atoms with Crippen LogP contribution in [0.1, 0.15) is 162 Å². The summed E-state index contributed by atoms with van der Waals surface area (Å²) < 4.78 is 39.2. The minimum Gasteiger partial charge on any atom is -0.462 e. The second-order valence-electron chi connectivity index (χ2n) is 17.3. The van der Waals surface area contributed by atoms with E-state index < -0.39 is 64.4 Å². The zero-order chi connectivity index (χ0) is 55.5. The van der Waals surface area contributed by atoms with Gasteiger partial charge < -0.3 is 24.2 Å². The molecule has 0 aliphatic heterocycles. The standard InChI is InChI=1S/C64H95O11P/c1-4-7-10-13-16-19-22-25-28-29-30-31-34-35-38-41-44-47-50-53-62(66)71-57-61(75-64(68)55-52-49-46-43-40-37-33-27-24-21-18-15-12-9-6-3)59-73-76(69,70)72-58-60(56-65)74-63(67)54-51-48-45-42-39-36-32-26-23-20-17-14-11-8-5-2/h7-12,16-21,25-28,30-33,35,38-40,42-44,47,49,52,60-61,65H,4-6,13-15,22-24,29,34,36-37,41,45-46,48,50-51,53-59H2,1-3H3,(H,69,70)/b10-7-,11-8-,12-9-,19-16-,20-17-,21-18-,28-25-,31-30-,32-26-,33-27-,38-35-,42-39-,43-40-,47-44-,52-49-. The van der Waals surface area contributed by atoms with Crippen LogP contribution in [0.15, 0.2) is 182 Å². The van der Waals surface area contributed by atoms with Crippen molar-refractivity contribution in [3.63, 3.8) is 0 Å². The molecule has 0 heterocycles. The lowest BCUT2D eigenvalue weighted by atomic mass is 10.2. The number of hydrogen-bond acceptors (Lipinski definition) is 10. The van der Waals surface area contributed by atoms with Gasteiger partial charge in [-0.3, -0.25) is 23.4 Å². The van der Waals surface area contributed by atoms with Crippen molar-refractivity contribution < 1.29 is 52.2 Å². The molecule has 0 spiro atoms. The number of unbranched alkanes of at least 4 members (excludes halogenated alkanes) is 2. The van der Waals surface area contributed by atoms with Gasteiger partial charge in [-0.25, -0.2) is 4.57 Å². The van der Waals surface area contributed by atoms with Gasteiger partial charge in [0.05, 0.1) is 26.2 Å². The highest BCUT2D eigenvalue weighted by Gasteiger charge is 2.28. The molecule has 3 unspecified atom stereocenters. The summed E-state index contributed by atoms with van der Waals surface area (Å²) in [4.78, 5) is 48.4. The Bertz CT molecular complexity index is 1970. The molecule has 0 aromatic carbocycles. The Balaban J connectivity index is 5.01. The van der Waals surface area contributed by atoms with Crippen molar-refractivity contribution in [2.45, 2.75) is 174 Å². The van der Waals surface area contributed by atoms with Crippen LogP contribution in [-0.4, -0.2) is 66.5 Å². The molecule has 0 fully saturated rings. The van der Waals surface area contributed by atoms with Crippen LogP contribution in [0.25, 0.3) is 0 Å². The Labute approximate surface area is 459 Å². The second-order valence-corrected chi connectivity index (χ2v) is 18.7. The summed E-state index contributed by atoms with van der Waals surface area (Å²) in [6, 6.07) is 0. The molecule has 0 aromatic heterocycles. The van der Waals surface area contributed by atoms with Crippen LogP contribution in [0.2, 0.25) is 0 Å². The molecule has 0 aliphatic rings. The van der Waals surface area contributed by atoms with E-state index in [0.29, 0.717) is 25.7 Å². The summed E-state index contributed by atoms with van der Waals surface area (Å²) in [5, 5.41) is 9.80. The van der Waals surface area contributed by atoms with Crippen molar-refractivity contribution in [3.8, 4) is 0 Å². The van der Waals surface area contributed by atoms with Crippen LogP contribution in [0.5, 0.6) is 0 Å². The average Bonchev–Trinajstić information content (AvgIpc) is 3.41. The molecule has 76 heavy (non-hydrogen) atoms. The van der Waals surface area contributed by atoms with Crippen LogP contribution < -0.4 is 0 Å². The number of phosphoric ester groups is 1. The normalized spacial score (nSPS) is 14.8. The Hall–Kier alpha value is -5.42. The quantitative estimate of drug-likeness (QED) is 0.0197. The average molecular weight is 1070 g/mol. The fourth-order valence-corrected chi connectivity index (χ4v) is 7.05. The lowest BCUT2D eigenvalue weighted by Gasteiger charge is -2.21. The van der Waals surface area contributed by atoms with E-state index in [-0.39, 0.29) is 19.3 Å². The topological polar surface area (TPSA) is 155 Å². The molecule has 0 saturated carbocycles. The number of carbonyl (C=O) groups excluding carboxylic acids is 3. The smallest absolute Gasteiger partial charge is 0.462 e. The van der Waals surface area contributed by atoms with Crippen LogP contribution in [-0.2, 0) is 42.2 Å². The number of rotatable bonds is 48. The number of aliphatic hydroxyl groups excluding tert-OH is 1. The molecule has 422 valence electrons. The zero-order valence-corrected chi connectivity index (χ0v) is 47.3. The predicted molar refractivity (Wildman–Crippen MR) is 315 cm³/mol. The van der Waals surface area contributed by atoms with E-state index in [0.717, 1.165) is 96.3 Å². The summed E-state index contributed by atoms with van der Waals surface area (Å²) in [5.41, 5.74) is 0. The highest BCUT2D eigenvalue weighted by atomic mass is 31.2. The third-order valence-electron chi connectivity index (χ3n) is 10.4. The van der Waals surface area contributed by atoms with E-state index in [9.17, 15) is 28.9 Å². The van der Waals surface area contributed by atoms with Crippen molar-refractivity contribution in [2.75, 3.05) is 26.4 Å². The molecular weight excluding hydrogens is 976 g/mol. The first kappa shape index (κ1) is 70.6. The molecular formula is C64H95O11P. The van der Waals surface area contributed by atoms with Crippen molar-refractivity contribution in [1.82, 2.24) is 0 Å². The molecule has 0 aliphatic carbocycles. The van der Waals surface area contributed by atoms with E-state index in [1.165, 1.54) is 0 Å². The van der Waals surface area contributed by atoms with Gasteiger partial charge in [-0.05, 0) is 122 Å². The predicted octanol–water partition coefficient (Wildman–Crippen LogP) is 16.5. The summed E-state index contributed by atoms with van der Waals surface area (Å²) in [6.07, 6.45) is 76.2. The van der Waals surface area contributed by atoms with Crippen molar-refractivity contribution in [2.24, 2.45) is 0 Å². The van der Waals surface area contributed by atoms with Crippen LogP contribution in [0.4, 0.5) is 0 Å². The molecule has 11 nitrogen and oxygen atoms in total. The van der Waals surface area contributed by atoms with Crippen molar-refractivity contribution in [1.29, 1.82) is 0 Å². The molecule has 0 rings (SSSR count). The van der Waals surface area contributed by atoms with E-state index in [1.54, 1.807) is 6.08 Å². The van der Waals surface area contributed by atoms with Crippen molar-refractivity contribution >= 4 is 25.7 Å². The maximum Gasteiger partial charge on any atom is 0.472 e. The van der Waals surface area contributed by atoms with Gasteiger partial charge in [-0.2, -0.15) is 0 Å². The lowest BCUT2D eigenvalue weighted by Crippen LogP contribution is -2.30. The summed E-state index contributed by atoms with van der Waals surface area (Å²) in [6.45, 7) is 4.01. The van der Waals surface area contributed by atoms with Gasteiger partial charge in [0, 0.05) is 12.8 Å². The Kier molecular flexibility index (Phi) is 51.8. The maximum absolute atomic E-state index is 12.9. The monoisotopic (exact) mass is 1070 g/mol. The van der Waals surface area contributed by atoms with Crippen LogP contribution in [0.3, 0.4) is 0 Å². The first-order valence-corrected chi connectivity index (χ1v) is 29.2. The minimum absolute atomic E-state index is 0.0673. The van der Waals surface area contributed by atoms with E-state index in [2.05, 4.69) is 167 Å². The van der Waals surface area contributed by atoms with Gasteiger partial charge >= 0.3 is 25.7 Å². The molecule has 0 saturated heterocycles. The molecule has 0 amide bonds. The number of phosphoric acid groups is 1. The van der Waals surface area contributed by atoms with E-state index in [1.807, 2.05) is 30.4 Å². The fraction of sp³-hybridized carbons (Fsp3) is 0.484. The van der Waals surface area contributed by atoms with Gasteiger partial charge in [0.15, 0.2) is 6.10 Å². The molecule has 12 heteroatoms. The summed E-state index contributed by atoms with van der Waals surface area (Å²) in [7, 11) is -4.81. The molecule has 3 atom stereocenters. The van der Waals surface area contributed by atoms with E-state index in [4.69, 9.17) is 23.3 Å².